The summed E-state index contributed by atoms with van der Waals surface area (Å²) in [5.74, 6) is 0.464. The average molecular weight is 544 g/mol. The van der Waals surface area contributed by atoms with Crippen molar-refractivity contribution in [2.45, 2.75) is 30.2 Å². The van der Waals surface area contributed by atoms with Crippen LogP contribution in [0.25, 0.3) is 5.65 Å². The third kappa shape index (κ3) is 4.57. The molecule has 0 spiro atoms. The second-order valence-electron chi connectivity index (χ2n) is 8.27. The topological polar surface area (TPSA) is 79.6 Å². The summed E-state index contributed by atoms with van der Waals surface area (Å²) in [5, 5.41) is 3.48. The molecule has 0 aliphatic carbocycles. The molecule has 1 N–H and O–H groups in total. The fraction of sp³-hybridized carbons (Fsp3) is 0.250. The SMILES string of the molecule is O=S(=O)(c1cccc(F)c1)N1CCC(c2cc(NCc3cccnc3)n3ccc(Br)c3n2)CC1. The van der Waals surface area contributed by atoms with Gasteiger partial charge >= 0.3 is 0 Å². The van der Waals surface area contributed by atoms with Crippen LogP contribution in [-0.2, 0) is 16.6 Å². The maximum atomic E-state index is 13.6. The number of piperidine rings is 1. The Labute approximate surface area is 205 Å². The van der Waals surface area contributed by atoms with Crippen molar-refractivity contribution in [3.05, 3.63) is 88.7 Å². The summed E-state index contributed by atoms with van der Waals surface area (Å²) < 4.78 is 43.8. The number of fused-ring (bicyclic) bond motifs is 1. The van der Waals surface area contributed by atoms with Crippen molar-refractivity contribution < 1.29 is 12.8 Å². The van der Waals surface area contributed by atoms with Gasteiger partial charge in [0.05, 0.1) is 9.37 Å². The highest BCUT2D eigenvalue weighted by molar-refractivity contribution is 9.10. The van der Waals surface area contributed by atoms with Gasteiger partial charge < -0.3 is 5.32 Å². The van der Waals surface area contributed by atoms with Crippen LogP contribution < -0.4 is 5.32 Å². The van der Waals surface area contributed by atoms with Gasteiger partial charge in [-0.05, 0) is 64.7 Å². The van der Waals surface area contributed by atoms with Gasteiger partial charge in [-0.15, -0.1) is 0 Å². The van der Waals surface area contributed by atoms with Crippen molar-refractivity contribution in [2.75, 3.05) is 18.4 Å². The zero-order valence-electron chi connectivity index (χ0n) is 18.2. The van der Waals surface area contributed by atoms with E-state index in [1.165, 1.54) is 22.5 Å². The first kappa shape index (κ1) is 22.9. The van der Waals surface area contributed by atoms with E-state index in [1.54, 1.807) is 6.20 Å². The van der Waals surface area contributed by atoms with Gasteiger partial charge in [0, 0.05) is 55.9 Å². The summed E-state index contributed by atoms with van der Waals surface area (Å²) in [6.45, 7) is 1.33. The maximum absolute atomic E-state index is 13.6. The van der Waals surface area contributed by atoms with E-state index in [4.69, 9.17) is 4.98 Å². The van der Waals surface area contributed by atoms with E-state index in [2.05, 4.69) is 26.2 Å². The first-order valence-corrected chi connectivity index (χ1v) is 13.2. The number of hydrogen-bond acceptors (Lipinski definition) is 5. The minimum absolute atomic E-state index is 0.00972. The number of aromatic nitrogens is 3. The Kier molecular flexibility index (Phi) is 6.37. The third-order valence-corrected chi connectivity index (χ3v) is 8.61. The molecule has 10 heteroatoms. The van der Waals surface area contributed by atoms with Crippen LogP contribution in [0.4, 0.5) is 10.2 Å². The predicted molar refractivity (Wildman–Crippen MR) is 132 cm³/mol. The Morgan fingerprint density at radius 1 is 1.12 bits per heavy atom. The molecule has 1 aliphatic rings. The smallest absolute Gasteiger partial charge is 0.243 e. The largest absolute Gasteiger partial charge is 0.367 e. The summed E-state index contributed by atoms with van der Waals surface area (Å²) in [6.07, 6.45) is 6.80. The first-order valence-electron chi connectivity index (χ1n) is 11.0. The molecule has 0 atom stereocenters. The standard InChI is InChI=1S/C24H23BrFN5O2S/c25-21-8-12-31-23(28-16-17-3-2-9-27-15-17)14-22(29-24(21)31)18-6-10-30(11-7-18)34(32,33)20-5-1-4-19(26)13-20/h1-5,8-9,12-15,18,28H,6-7,10-11,16H2. The lowest BCUT2D eigenvalue weighted by Gasteiger charge is -2.31. The van der Waals surface area contributed by atoms with Gasteiger partial charge in [-0.3, -0.25) is 9.38 Å². The van der Waals surface area contributed by atoms with Crippen LogP contribution in [0.2, 0.25) is 0 Å². The molecule has 0 amide bonds. The van der Waals surface area contributed by atoms with Crippen LogP contribution >= 0.6 is 15.9 Å². The molecule has 7 nitrogen and oxygen atoms in total. The number of anilines is 1. The zero-order valence-corrected chi connectivity index (χ0v) is 20.6. The molecule has 5 rings (SSSR count). The molecule has 0 unspecified atom stereocenters. The van der Waals surface area contributed by atoms with Gasteiger partial charge in [0.25, 0.3) is 0 Å². The number of hydrogen-bond donors (Lipinski definition) is 1. The lowest BCUT2D eigenvalue weighted by atomic mass is 9.94. The van der Waals surface area contributed by atoms with Crippen molar-refractivity contribution in [1.82, 2.24) is 18.7 Å². The lowest BCUT2D eigenvalue weighted by Crippen LogP contribution is -2.38. The van der Waals surface area contributed by atoms with Crippen molar-refractivity contribution in [3.63, 3.8) is 0 Å². The molecule has 4 aromatic rings. The Balaban J connectivity index is 1.36. The Bertz CT molecular complexity index is 1420. The summed E-state index contributed by atoms with van der Waals surface area (Å²) in [6, 6.07) is 13.1. The maximum Gasteiger partial charge on any atom is 0.243 e. The molecule has 1 aliphatic heterocycles. The highest BCUT2D eigenvalue weighted by Gasteiger charge is 2.31. The first-order chi connectivity index (χ1) is 16.4. The van der Waals surface area contributed by atoms with E-state index in [1.807, 2.05) is 41.1 Å². The van der Waals surface area contributed by atoms with Crippen molar-refractivity contribution in [2.24, 2.45) is 0 Å². The molecule has 0 radical (unpaired) electrons. The molecule has 4 heterocycles. The molecular weight excluding hydrogens is 521 g/mol. The van der Waals surface area contributed by atoms with Crippen molar-refractivity contribution in [3.8, 4) is 0 Å². The molecule has 0 saturated carbocycles. The number of halogens is 2. The zero-order chi connectivity index (χ0) is 23.7. The average Bonchev–Trinajstić information content (AvgIpc) is 3.24. The molecule has 176 valence electrons. The van der Waals surface area contributed by atoms with Gasteiger partial charge in [-0.1, -0.05) is 12.1 Å². The number of benzene rings is 1. The van der Waals surface area contributed by atoms with Crippen LogP contribution in [0.5, 0.6) is 0 Å². The molecule has 1 saturated heterocycles. The predicted octanol–water partition coefficient (Wildman–Crippen LogP) is 4.81. The summed E-state index contributed by atoms with van der Waals surface area (Å²) in [5.41, 5.74) is 2.79. The quantitative estimate of drug-likeness (QED) is 0.377. The van der Waals surface area contributed by atoms with Crippen molar-refractivity contribution in [1.29, 1.82) is 0 Å². The van der Waals surface area contributed by atoms with E-state index >= 15 is 0 Å². The second-order valence-corrected chi connectivity index (χ2v) is 11.1. The van der Waals surface area contributed by atoms with Gasteiger partial charge in [0.2, 0.25) is 10.0 Å². The Morgan fingerprint density at radius 2 is 1.94 bits per heavy atom. The second kappa shape index (κ2) is 9.44. The number of rotatable bonds is 6. The molecule has 3 aromatic heterocycles. The molecule has 1 aromatic carbocycles. The molecule has 34 heavy (non-hydrogen) atoms. The van der Waals surface area contributed by atoms with Gasteiger partial charge in [0.1, 0.15) is 11.6 Å². The molecular formula is C24H23BrFN5O2S. The monoisotopic (exact) mass is 543 g/mol. The number of sulfonamides is 1. The minimum Gasteiger partial charge on any atom is -0.367 e. The van der Waals surface area contributed by atoms with E-state index in [9.17, 15) is 12.8 Å². The van der Waals surface area contributed by atoms with Crippen molar-refractivity contribution >= 4 is 37.4 Å². The van der Waals surface area contributed by atoms with E-state index in [0.29, 0.717) is 32.5 Å². The lowest BCUT2D eigenvalue weighted by molar-refractivity contribution is 0.316. The van der Waals surface area contributed by atoms with E-state index in [0.717, 1.165) is 33.3 Å². The fourth-order valence-electron chi connectivity index (χ4n) is 4.28. The number of pyridine rings is 1. The summed E-state index contributed by atoms with van der Waals surface area (Å²) in [4.78, 5) is 9.03. The Morgan fingerprint density at radius 3 is 2.68 bits per heavy atom. The summed E-state index contributed by atoms with van der Waals surface area (Å²) in [7, 11) is -3.73. The highest BCUT2D eigenvalue weighted by Crippen LogP contribution is 2.33. The molecule has 0 bridgehead atoms. The van der Waals surface area contributed by atoms with Gasteiger partial charge in [-0.2, -0.15) is 4.31 Å². The van der Waals surface area contributed by atoms with Crippen LogP contribution in [0, 0.1) is 5.82 Å². The van der Waals surface area contributed by atoms with Crippen LogP contribution in [-0.4, -0.2) is 40.2 Å². The van der Waals surface area contributed by atoms with Crippen LogP contribution in [0.1, 0.15) is 30.0 Å². The molecule has 1 fully saturated rings. The van der Waals surface area contributed by atoms with Crippen LogP contribution in [0.15, 0.2) is 76.5 Å². The van der Waals surface area contributed by atoms with Gasteiger partial charge in [-0.25, -0.2) is 17.8 Å². The minimum atomic E-state index is -3.73. The van der Waals surface area contributed by atoms with Crippen LogP contribution in [0.3, 0.4) is 0 Å². The Hall–Kier alpha value is -2.82. The van der Waals surface area contributed by atoms with E-state index < -0.39 is 15.8 Å². The number of nitrogens with one attached hydrogen (secondary N) is 1. The van der Waals surface area contributed by atoms with Gasteiger partial charge in [0.15, 0.2) is 5.65 Å². The number of nitrogens with zero attached hydrogens (tertiary/aromatic N) is 4. The summed E-state index contributed by atoms with van der Waals surface area (Å²) >= 11 is 3.58. The normalized spacial score (nSPS) is 15.6. The fourth-order valence-corrected chi connectivity index (χ4v) is 6.17. The highest BCUT2D eigenvalue weighted by atomic mass is 79.9. The third-order valence-electron chi connectivity index (χ3n) is 6.09. The van der Waals surface area contributed by atoms with E-state index in [-0.39, 0.29) is 10.8 Å².